The van der Waals surface area contributed by atoms with Gasteiger partial charge in [0.05, 0.1) is 18.4 Å². The van der Waals surface area contributed by atoms with Crippen molar-refractivity contribution in [3.05, 3.63) is 65.2 Å². The van der Waals surface area contributed by atoms with Crippen LogP contribution in [0.4, 0.5) is 10.5 Å². The zero-order valence-corrected chi connectivity index (χ0v) is 14.1. The number of carboxylic acids is 1. The number of carbonyl (C=O) groups excluding carboxylic acids is 3. The molecule has 1 saturated heterocycles. The Morgan fingerprint density at radius 1 is 1.04 bits per heavy atom. The maximum Gasteiger partial charge on any atom is 0.335 e. The Morgan fingerprint density at radius 3 is 2.22 bits per heavy atom. The average Bonchev–Trinajstić information content (AvgIpc) is 2.66. The molecule has 1 heterocycles. The highest BCUT2D eigenvalue weighted by molar-refractivity contribution is 6.39. The SMILES string of the molecule is COc1ccc(/C=C2\C(=O)NC(=O)N(c3ccc(C(=O)O)cc3)C2=O)cc1. The Bertz CT molecular complexity index is 961. The normalized spacial score (nSPS) is 15.7. The molecule has 27 heavy (non-hydrogen) atoms. The molecular formula is C19H14N2O6. The van der Waals surface area contributed by atoms with E-state index in [1.807, 2.05) is 0 Å². The summed E-state index contributed by atoms with van der Waals surface area (Å²) >= 11 is 0. The third-order valence-electron chi connectivity index (χ3n) is 3.90. The predicted octanol–water partition coefficient (Wildman–Crippen LogP) is 2.06. The minimum Gasteiger partial charge on any atom is -0.497 e. The lowest BCUT2D eigenvalue weighted by molar-refractivity contribution is -0.122. The lowest BCUT2D eigenvalue weighted by Crippen LogP contribution is -2.54. The van der Waals surface area contributed by atoms with Crippen LogP contribution in [0.5, 0.6) is 5.75 Å². The number of imide groups is 2. The van der Waals surface area contributed by atoms with Crippen LogP contribution in [-0.2, 0) is 9.59 Å². The molecule has 0 aromatic heterocycles. The van der Waals surface area contributed by atoms with E-state index >= 15 is 0 Å². The quantitative estimate of drug-likeness (QED) is 0.633. The summed E-state index contributed by atoms with van der Waals surface area (Å²) in [4.78, 5) is 48.7. The lowest BCUT2D eigenvalue weighted by atomic mass is 10.1. The summed E-state index contributed by atoms with van der Waals surface area (Å²) in [5.74, 6) is -2.12. The molecule has 1 fully saturated rings. The Kier molecular flexibility index (Phi) is 4.71. The van der Waals surface area contributed by atoms with Crippen molar-refractivity contribution in [1.82, 2.24) is 5.32 Å². The second-order valence-electron chi connectivity index (χ2n) is 5.58. The van der Waals surface area contributed by atoms with Gasteiger partial charge in [0.1, 0.15) is 11.3 Å². The third-order valence-corrected chi connectivity index (χ3v) is 3.90. The van der Waals surface area contributed by atoms with Crippen molar-refractivity contribution in [2.45, 2.75) is 0 Å². The first-order valence-corrected chi connectivity index (χ1v) is 7.79. The molecule has 2 aromatic carbocycles. The number of barbiturate groups is 1. The Labute approximate surface area is 153 Å². The summed E-state index contributed by atoms with van der Waals surface area (Å²) in [6.07, 6.45) is 1.36. The summed E-state index contributed by atoms with van der Waals surface area (Å²) in [6, 6.07) is 10.9. The molecular weight excluding hydrogens is 352 g/mol. The summed E-state index contributed by atoms with van der Waals surface area (Å²) in [7, 11) is 1.52. The highest BCUT2D eigenvalue weighted by Gasteiger charge is 2.36. The highest BCUT2D eigenvalue weighted by Crippen LogP contribution is 2.23. The van der Waals surface area contributed by atoms with Gasteiger partial charge in [-0.05, 0) is 48.0 Å². The first-order chi connectivity index (χ1) is 12.9. The average molecular weight is 366 g/mol. The van der Waals surface area contributed by atoms with Crippen LogP contribution in [0.25, 0.3) is 6.08 Å². The number of carbonyl (C=O) groups is 4. The molecule has 0 atom stereocenters. The summed E-state index contributed by atoms with van der Waals surface area (Å²) in [5.41, 5.74) is 0.510. The topological polar surface area (TPSA) is 113 Å². The molecule has 3 rings (SSSR count). The van der Waals surface area contributed by atoms with Crippen molar-refractivity contribution in [1.29, 1.82) is 0 Å². The van der Waals surface area contributed by atoms with Gasteiger partial charge in [0.25, 0.3) is 11.8 Å². The van der Waals surface area contributed by atoms with Crippen LogP contribution in [-0.4, -0.2) is 36.0 Å². The summed E-state index contributed by atoms with van der Waals surface area (Å²) in [6.45, 7) is 0. The smallest absolute Gasteiger partial charge is 0.335 e. The van der Waals surface area contributed by atoms with Crippen LogP contribution in [0.2, 0.25) is 0 Å². The Morgan fingerprint density at radius 2 is 1.67 bits per heavy atom. The van der Waals surface area contributed by atoms with E-state index < -0.39 is 23.8 Å². The molecule has 0 unspecified atom stereocenters. The van der Waals surface area contributed by atoms with Gasteiger partial charge in [-0.2, -0.15) is 0 Å². The standard InChI is InChI=1S/C19H14N2O6/c1-27-14-8-2-11(3-9-14)10-15-16(22)20-19(26)21(17(15)23)13-6-4-12(5-7-13)18(24)25/h2-10H,1H3,(H,24,25)(H,20,22,26)/b15-10+. The fourth-order valence-electron chi connectivity index (χ4n) is 2.51. The molecule has 2 N–H and O–H groups in total. The molecule has 2 aromatic rings. The second kappa shape index (κ2) is 7.12. The van der Waals surface area contributed by atoms with Gasteiger partial charge in [0.15, 0.2) is 0 Å². The number of nitrogens with one attached hydrogen (secondary N) is 1. The maximum absolute atomic E-state index is 12.7. The maximum atomic E-state index is 12.7. The van der Waals surface area contributed by atoms with Crippen molar-refractivity contribution in [3.63, 3.8) is 0 Å². The van der Waals surface area contributed by atoms with Crippen molar-refractivity contribution in [2.75, 3.05) is 12.0 Å². The van der Waals surface area contributed by atoms with Gasteiger partial charge in [-0.3, -0.25) is 14.9 Å². The molecule has 0 saturated carbocycles. The molecule has 1 aliphatic heterocycles. The molecule has 4 amide bonds. The van der Waals surface area contributed by atoms with E-state index in [9.17, 15) is 19.2 Å². The van der Waals surface area contributed by atoms with E-state index in [1.165, 1.54) is 37.5 Å². The number of nitrogens with zero attached hydrogens (tertiary/aromatic N) is 1. The first-order valence-electron chi connectivity index (χ1n) is 7.79. The Hall–Kier alpha value is -3.94. The monoisotopic (exact) mass is 366 g/mol. The summed E-state index contributed by atoms with van der Waals surface area (Å²) < 4.78 is 5.06. The van der Waals surface area contributed by atoms with Crippen molar-refractivity contribution < 1.29 is 29.0 Å². The van der Waals surface area contributed by atoms with Crippen LogP contribution in [0.15, 0.2) is 54.1 Å². The number of urea groups is 1. The minimum absolute atomic E-state index is 0.00805. The zero-order chi connectivity index (χ0) is 19.6. The molecule has 8 nitrogen and oxygen atoms in total. The number of hydrogen-bond donors (Lipinski definition) is 2. The van der Waals surface area contributed by atoms with Gasteiger partial charge in [-0.25, -0.2) is 14.5 Å². The van der Waals surface area contributed by atoms with Gasteiger partial charge in [0.2, 0.25) is 0 Å². The van der Waals surface area contributed by atoms with E-state index in [0.29, 0.717) is 11.3 Å². The molecule has 8 heteroatoms. The van der Waals surface area contributed by atoms with Gasteiger partial charge in [-0.1, -0.05) is 12.1 Å². The lowest BCUT2D eigenvalue weighted by Gasteiger charge is -2.26. The van der Waals surface area contributed by atoms with Crippen LogP contribution in [0.1, 0.15) is 15.9 Å². The first kappa shape index (κ1) is 17.9. The van der Waals surface area contributed by atoms with Crippen molar-refractivity contribution in [3.8, 4) is 5.75 Å². The Balaban J connectivity index is 1.95. The van der Waals surface area contributed by atoms with Crippen LogP contribution < -0.4 is 15.0 Å². The van der Waals surface area contributed by atoms with Gasteiger partial charge < -0.3 is 9.84 Å². The third kappa shape index (κ3) is 3.54. The van der Waals surface area contributed by atoms with Crippen LogP contribution in [0, 0.1) is 0 Å². The number of rotatable bonds is 4. The second-order valence-corrected chi connectivity index (χ2v) is 5.58. The molecule has 0 spiro atoms. The van der Waals surface area contributed by atoms with E-state index in [2.05, 4.69) is 5.32 Å². The van der Waals surface area contributed by atoms with Crippen molar-refractivity contribution in [2.24, 2.45) is 0 Å². The molecule has 0 bridgehead atoms. The number of aromatic carboxylic acids is 1. The molecule has 1 aliphatic rings. The largest absolute Gasteiger partial charge is 0.497 e. The van der Waals surface area contributed by atoms with Crippen LogP contribution >= 0.6 is 0 Å². The van der Waals surface area contributed by atoms with Crippen LogP contribution in [0.3, 0.4) is 0 Å². The minimum atomic E-state index is -1.13. The van der Waals surface area contributed by atoms with Crippen molar-refractivity contribution >= 4 is 35.6 Å². The zero-order valence-electron chi connectivity index (χ0n) is 14.1. The number of anilines is 1. The summed E-state index contributed by atoms with van der Waals surface area (Å²) in [5, 5.41) is 11.1. The number of ether oxygens (including phenoxy) is 1. The number of methoxy groups -OCH3 is 1. The number of hydrogen-bond acceptors (Lipinski definition) is 5. The van der Waals surface area contributed by atoms with E-state index in [4.69, 9.17) is 9.84 Å². The molecule has 0 radical (unpaired) electrons. The number of benzene rings is 2. The predicted molar refractivity (Wildman–Crippen MR) is 95.4 cm³/mol. The van der Waals surface area contributed by atoms with Gasteiger partial charge in [0, 0.05) is 0 Å². The molecule has 136 valence electrons. The van der Waals surface area contributed by atoms with Gasteiger partial charge in [-0.15, -0.1) is 0 Å². The fraction of sp³-hybridized carbons (Fsp3) is 0.0526. The van der Waals surface area contributed by atoms with E-state index in [1.54, 1.807) is 24.3 Å². The number of amides is 4. The van der Waals surface area contributed by atoms with Gasteiger partial charge >= 0.3 is 12.0 Å². The van der Waals surface area contributed by atoms with E-state index in [0.717, 1.165) is 4.90 Å². The number of carboxylic acid groups (broad SMARTS) is 1. The van der Waals surface area contributed by atoms with E-state index in [-0.39, 0.29) is 16.8 Å². The fourth-order valence-corrected chi connectivity index (χ4v) is 2.51. The highest BCUT2D eigenvalue weighted by atomic mass is 16.5. The molecule has 0 aliphatic carbocycles.